The maximum atomic E-state index is 11.3. The molecule has 0 aromatic carbocycles. The number of hydrogen-bond donors (Lipinski definition) is 1. The summed E-state index contributed by atoms with van der Waals surface area (Å²) in [5, 5.41) is 14.7. The van der Waals surface area contributed by atoms with Gasteiger partial charge in [0, 0.05) is 6.92 Å². The van der Waals surface area contributed by atoms with Crippen LogP contribution in [0.4, 0.5) is 0 Å². The molecule has 0 bridgehead atoms. The van der Waals surface area contributed by atoms with Crippen molar-refractivity contribution in [2.75, 3.05) is 0 Å². The molecular formula is C14H19N5O2. The smallest absolute Gasteiger partial charge is 0.249 e. The van der Waals surface area contributed by atoms with Gasteiger partial charge in [0.2, 0.25) is 17.6 Å². The Morgan fingerprint density at radius 1 is 1.33 bits per heavy atom. The zero-order valence-corrected chi connectivity index (χ0v) is 12.6. The predicted molar refractivity (Wildman–Crippen MR) is 76.1 cm³/mol. The van der Waals surface area contributed by atoms with Gasteiger partial charge in [-0.3, -0.25) is 4.79 Å². The third-order valence-corrected chi connectivity index (χ3v) is 2.85. The molecule has 1 amide bonds. The molecule has 0 aliphatic carbocycles. The Labute approximate surface area is 123 Å². The minimum atomic E-state index is -0.290. The highest BCUT2D eigenvalue weighted by molar-refractivity contribution is 5.73. The minimum Gasteiger partial charge on any atom is -0.345 e. The minimum absolute atomic E-state index is 0.129. The van der Waals surface area contributed by atoms with Crippen LogP contribution in [-0.2, 0) is 4.79 Å². The van der Waals surface area contributed by atoms with Crippen LogP contribution in [0.15, 0.2) is 16.7 Å². The third kappa shape index (κ3) is 4.08. The molecule has 0 saturated carbocycles. The summed E-state index contributed by atoms with van der Waals surface area (Å²) in [6.45, 7) is 7.46. The van der Waals surface area contributed by atoms with Gasteiger partial charge >= 0.3 is 0 Å². The van der Waals surface area contributed by atoms with E-state index in [0.717, 1.165) is 12.1 Å². The monoisotopic (exact) mass is 289 g/mol. The maximum absolute atomic E-state index is 11.3. The Morgan fingerprint density at radius 2 is 2.10 bits per heavy atom. The molecule has 0 saturated heterocycles. The van der Waals surface area contributed by atoms with Crippen LogP contribution in [0.2, 0.25) is 0 Å². The van der Waals surface area contributed by atoms with E-state index in [1.54, 1.807) is 6.07 Å². The SMILES string of the molecule is CC(=O)N[C@H](CC(C)C)c1nc(-c2ccc(C)nn2)no1. The van der Waals surface area contributed by atoms with E-state index in [1.165, 1.54) is 6.92 Å². The number of aromatic nitrogens is 4. The van der Waals surface area contributed by atoms with Crippen molar-refractivity contribution in [2.45, 2.75) is 40.2 Å². The van der Waals surface area contributed by atoms with Gasteiger partial charge in [-0.25, -0.2) is 0 Å². The summed E-state index contributed by atoms with van der Waals surface area (Å²) in [4.78, 5) is 15.6. The number of carbonyl (C=O) groups excluding carboxylic acids is 1. The molecule has 2 heterocycles. The molecule has 0 aliphatic rings. The molecule has 2 aromatic rings. The van der Waals surface area contributed by atoms with Crippen molar-refractivity contribution in [2.24, 2.45) is 5.92 Å². The van der Waals surface area contributed by atoms with Crippen molar-refractivity contribution in [3.63, 3.8) is 0 Å². The van der Waals surface area contributed by atoms with E-state index in [2.05, 4.69) is 39.5 Å². The summed E-state index contributed by atoms with van der Waals surface area (Å²) in [5.41, 5.74) is 1.36. The van der Waals surface area contributed by atoms with E-state index in [0.29, 0.717) is 23.3 Å². The Kier molecular flexibility index (Phi) is 4.62. The second kappa shape index (κ2) is 6.43. The predicted octanol–water partition coefficient (Wildman–Crippen LogP) is 2.06. The van der Waals surface area contributed by atoms with E-state index in [1.807, 2.05) is 13.0 Å². The van der Waals surface area contributed by atoms with Gasteiger partial charge in [-0.15, -0.1) is 5.10 Å². The van der Waals surface area contributed by atoms with Crippen molar-refractivity contribution >= 4 is 5.91 Å². The highest BCUT2D eigenvalue weighted by Crippen LogP contribution is 2.22. The lowest BCUT2D eigenvalue weighted by Gasteiger charge is -2.15. The van der Waals surface area contributed by atoms with Gasteiger partial charge in [0.05, 0.1) is 5.69 Å². The van der Waals surface area contributed by atoms with Crippen LogP contribution < -0.4 is 5.32 Å². The first-order chi connectivity index (χ1) is 9.95. The van der Waals surface area contributed by atoms with Gasteiger partial charge < -0.3 is 9.84 Å². The van der Waals surface area contributed by atoms with Crippen LogP contribution in [0.25, 0.3) is 11.5 Å². The molecular weight excluding hydrogens is 270 g/mol. The largest absolute Gasteiger partial charge is 0.345 e. The maximum Gasteiger partial charge on any atom is 0.249 e. The fourth-order valence-corrected chi connectivity index (χ4v) is 1.94. The van der Waals surface area contributed by atoms with Gasteiger partial charge in [-0.1, -0.05) is 19.0 Å². The number of nitrogens with one attached hydrogen (secondary N) is 1. The van der Waals surface area contributed by atoms with Crippen LogP contribution >= 0.6 is 0 Å². The Hall–Kier alpha value is -2.31. The lowest BCUT2D eigenvalue weighted by atomic mass is 10.0. The first kappa shape index (κ1) is 15.1. The zero-order chi connectivity index (χ0) is 15.4. The lowest BCUT2D eigenvalue weighted by Crippen LogP contribution is -2.27. The van der Waals surface area contributed by atoms with Crippen molar-refractivity contribution in [3.8, 4) is 11.5 Å². The number of carbonyl (C=O) groups is 1. The number of aryl methyl sites for hydroxylation is 1. The zero-order valence-electron chi connectivity index (χ0n) is 12.6. The van der Waals surface area contributed by atoms with Gasteiger partial charge in [0.25, 0.3) is 0 Å². The highest BCUT2D eigenvalue weighted by atomic mass is 16.5. The van der Waals surface area contributed by atoms with E-state index < -0.39 is 0 Å². The molecule has 0 spiro atoms. The van der Waals surface area contributed by atoms with Crippen molar-refractivity contribution in [1.82, 2.24) is 25.7 Å². The number of nitrogens with zero attached hydrogens (tertiary/aromatic N) is 4. The topological polar surface area (TPSA) is 93.8 Å². The fourth-order valence-electron chi connectivity index (χ4n) is 1.94. The highest BCUT2D eigenvalue weighted by Gasteiger charge is 2.22. The molecule has 0 aliphatic heterocycles. The van der Waals surface area contributed by atoms with Gasteiger partial charge in [-0.05, 0) is 31.4 Å². The molecule has 0 radical (unpaired) electrons. The van der Waals surface area contributed by atoms with Gasteiger partial charge in [0.1, 0.15) is 11.7 Å². The molecule has 2 aromatic heterocycles. The van der Waals surface area contributed by atoms with Gasteiger partial charge in [-0.2, -0.15) is 10.1 Å². The second-order valence-corrected chi connectivity index (χ2v) is 5.40. The molecule has 1 N–H and O–H groups in total. The number of hydrogen-bond acceptors (Lipinski definition) is 6. The van der Waals surface area contributed by atoms with Crippen molar-refractivity contribution in [1.29, 1.82) is 0 Å². The molecule has 2 rings (SSSR count). The standard InChI is InChI=1S/C14H19N5O2/c1-8(2)7-12(15-10(4)20)14-16-13(19-21-14)11-6-5-9(3)17-18-11/h5-6,8,12H,7H2,1-4H3,(H,15,20)/t12-/m1/s1. The van der Waals surface area contributed by atoms with Crippen molar-refractivity contribution in [3.05, 3.63) is 23.7 Å². The van der Waals surface area contributed by atoms with Crippen molar-refractivity contribution < 1.29 is 9.32 Å². The summed E-state index contributed by atoms with van der Waals surface area (Å²) in [6.07, 6.45) is 0.723. The molecule has 112 valence electrons. The van der Waals surface area contributed by atoms with E-state index in [4.69, 9.17) is 4.52 Å². The molecule has 0 fully saturated rings. The third-order valence-electron chi connectivity index (χ3n) is 2.85. The van der Waals surface area contributed by atoms with Crippen LogP contribution in [-0.4, -0.2) is 26.2 Å². The number of amides is 1. The Morgan fingerprint density at radius 3 is 2.67 bits per heavy atom. The first-order valence-electron chi connectivity index (χ1n) is 6.87. The second-order valence-electron chi connectivity index (χ2n) is 5.40. The summed E-state index contributed by atoms with van der Waals surface area (Å²) in [6, 6.07) is 3.33. The molecule has 7 nitrogen and oxygen atoms in total. The van der Waals surface area contributed by atoms with E-state index >= 15 is 0 Å². The van der Waals surface area contributed by atoms with Crippen LogP contribution in [0.5, 0.6) is 0 Å². The Bertz CT molecular complexity index is 606. The number of rotatable bonds is 5. The van der Waals surface area contributed by atoms with E-state index in [-0.39, 0.29) is 11.9 Å². The average Bonchev–Trinajstić information content (AvgIpc) is 2.87. The quantitative estimate of drug-likeness (QED) is 0.905. The van der Waals surface area contributed by atoms with Crippen LogP contribution in [0, 0.1) is 12.8 Å². The molecule has 1 atom stereocenters. The summed E-state index contributed by atoms with van der Waals surface area (Å²) in [5.74, 6) is 1.01. The fraction of sp³-hybridized carbons (Fsp3) is 0.500. The first-order valence-corrected chi connectivity index (χ1v) is 6.87. The van der Waals surface area contributed by atoms with E-state index in [9.17, 15) is 4.79 Å². The molecule has 21 heavy (non-hydrogen) atoms. The average molecular weight is 289 g/mol. The van der Waals surface area contributed by atoms with Gasteiger partial charge in [0.15, 0.2) is 0 Å². The normalized spacial score (nSPS) is 12.4. The van der Waals surface area contributed by atoms with Crippen LogP contribution in [0.1, 0.15) is 44.8 Å². The summed E-state index contributed by atoms with van der Waals surface area (Å²) < 4.78 is 5.27. The summed E-state index contributed by atoms with van der Waals surface area (Å²) >= 11 is 0. The molecule has 7 heteroatoms. The molecule has 0 unspecified atom stereocenters. The Balaban J connectivity index is 2.23. The lowest BCUT2D eigenvalue weighted by molar-refractivity contribution is -0.120. The summed E-state index contributed by atoms with van der Waals surface area (Å²) in [7, 11) is 0. The van der Waals surface area contributed by atoms with Crippen LogP contribution in [0.3, 0.4) is 0 Å².